The first-order valence-electron chi connectivity index (χ1n) is 6.12. The van der Waals surface area contributed by atoms with Crippen molar-refractivity contribution in [3.05, 3.63) is 16.7 Å². The predicted molar refractivity (Wildman–Crippen MR) is 71.3 cm³/mol. The number of aromatic nitrogens is 4. The summed E-state index contributed by atoms with van der Waals surface area (Å²) in [4.78, 5) is 4.33. The predicted octanol–water partition coefficient (Wildman–Crippen LogP) is 2.09. The summed E-state index contributed by atoms with van der Waals surface area (Å²) in [6, 6.07) is 0.242. The second-order valence-corrected chi connectivity index (χ2v) is 6.38. The van der Waals surface area contributed by atoms with E-state index < -0.39 is 0 Å². The molecule has 5 nitrogen and oxygen atoms in total. The van der Waals surface area contributed by atoms with Crippen LogP contribution in [0.4, 0.5) is 0 Å². The lowest BCUT2D eigenvalue weighted by Crippen LogP contribution is -2.40. The zero-order valence-electron chi connectivity index (χ0n) is 10.8. The lowest BCUT2D eigenvalue weighted by atomic mass is 9.85. The second-order valence-electron chi connectivity index (χ2n) is 5.66. The Morgan fingerprint density at radius 1 is 1.39 bits per heavy atom. The molecule has 0 aliphatic carbocycles. The molecule has 0 fully saturated rings. The van der Waals surface area contributed by atoms with E-state index in [-0.39, 0.29) is 11.5 Å². The minimum absolute atomic E-state index is 0.130. The van der Waals surface area contributed by atoms with Crippen LogP contribution in [0.25, 0.3) is 11.5 Å². The van der Waals surface area contributed by atoms with Crippen LogP contribution in [0.5, 0.6) is 0 Å². The van der Waals surface area contributed by atoms with Crippen molar-refractivity contribution in [2.45, 2.75) is 33.4 Å². The van der Waals surface area contributed by atoms with Crippen LogP contribution < -0.4 is 5.32 Å². The zero-order valence-corrected chi connectivity index (χ0v) is 11.7. The van der Waals surface area contributed by atoms with E-state index in [1.807, 2.05) is 10.9 Å². The Hall–Kier alpha value is -1.27. The van der Waals surface area contributed by atoms with E-state index in [9.17, 15) is 0 Å². The molecule has 2 aromatic heterocycles. The smallest absolute Gasteiger partial charge is 0.183 e. The van der Waals surface area contributed by atoms with E-state index in [1.54, 1.807) is 11.3 Å². The number of hydrogen-bond acceptors (Lipinski definition) is 5. The maximum absolute atomic E-state index is 4.38. The van der Waals surface area contributed by atoms with Crippen molar-refractivity contribution in [3.8, 4) is 11.5 Å². The molecule has 1 N–H and O–H groups in total. The van der Waals surface area contributed by atoms with Gasteiger partial charge in [-0.15, -0.1) is 21.5 Å². The third-order valence-corrected chi connectivity index (χ3v) is 3.84. The first-order chi connectivity index (χ1) is 8.57. The third kappa shape index (κ3) is 1.85. The fourth-order valence-corrected chi connectivity index (χ4v) is 2.90. The summed E-state index contributed by atoms with van der Waals surface area (Å²) in [6.45, 7) is 8.51. The maximum atomic E-state index is 4.38. The Kier molecular flexibility index (Phi) is 2.71. The number of rotatable bonds is 1. The second kappa shape index (κ2) is 4.13. The summed E-state index contributed by atoms with van der Waals surface area (Å²) in [6.07, 6.45) is 0. The van der Waals surface area contributed by atoms with Crippen LogP contribution in [0.15, 0.2) is 10.9 Å². The molecule has 1 aliphatic rings. The zero-order chi connectivity index (χ0) is 12.8. The topological polar surface area (TPSA) is 55.6 Å². The van der Waals surface area contributed by atoms with Gasteiger partial charge in [0.05, 0.1) is 11.6 Å². The fourth-order valence-electron chi connectivity index (χ4n) is 2.37. The summed E-state index contributed by atoms with van der Waals surface area (Å²) in [5, 5.41) is 14.2. The van der Waals surface area contributed by atoms with Crippen molar-refractivity contribution >= 4 is 11.3 Å². The highest BCUT2D eigenvalue weighted by molar-refractivity contribution is 7.07. The van der Waals surface area contributed by atoms with Crippen molar-refractivity contribution in [1.29, 1.82) is 0 Å². The van der Waals surface area contributed by atoms with Crippen LogP contribution in [-0.4, -0.2) is 26.3 Å². The Balaban J connectivity index is 2.06. The minimum atomic E-state index is 0.130. The van der Waals surface area contributed by atoms with Crippen LogP contribution in [0.3, 0.4) is 0 Å². The fraction of sp³-hybridized carbons (Fsp3) is 0.583. The van der Waals surface area contributed by atoms with Crippen molar-refractivity contribution in [3.63, 3.8) is 0 Å². The highest BCUT2D eigenvalue weighted by Crippen LogP contribution is 2.34. The van der Waals surface area contributed by atoms with Gasteiger partial charge in [0.1, 0.15) is 5.69 Å². The molecule has 0 radical (unpaired) electrons. The molecule has 0 saturated heterocycles. The molecular formula is C12H17N5S. The van der Waals surface area contributed by atoms with Crippen molar-refractivity contribution < 1.29 is 0 Å². The van der Waals surface area contributed by atoms with Crippen LogP contribution in [0, 0.1) is 5.41 Å². The molecule has 18 heavy (non-hydrogen) atoms. The molecule has 3 rings (SSSR count). The van der Waals surface area contributed by atoms with Gasteiger partial charge < -0.3 is 9.88 Å². The number of nitrogens with one attached hydrogen (secondary N) is 1. The van der Waals surface area contributed by atoms with Gasteiger partial charge in [-0.1, -0.05) is 20.8 Å². The summed E-state index contributed by atoms with van der Waals surface area (Å²) >= 11 is 1.59. The van der Waals surface area contributed by atoms with Crippen LogP contribution in [0.1, 0.15) is 32.6 Å². The summed E-state index contributed by atoms with van der Waals surface area (Å²) < 4.78 is 2.20. The van der Waals surface area contributed by atoms with E-state index in [2.05, 4.69) is 45.8 Å². The lowest BCUT2D eigenvalue weighted by Gasteiger charge is -2.34. The van der Waals surface area contributed by atoms with E-state index in [0.29, 0.717) is 0 Å². The van der Waals surface area contributed by atoms with Crippen LogP contribution >= 0.6 is 11.3 Å². The van der Waals surface area contributed by atoms with E-state index in [1.165, 1.54) is 0 Å². The number of thiazole rings is 1. The first-order valence-corrected chi connectivity index (χ1v) is 7.06. The van der Waals surface area contributed by atoms with Gasteiger partial charge in [-0.2, -0.15) is 0 Å². The van der Waals surface area contributed by atoms with Gasteiger partial charge in [-0.25, -0.2) is 4.98 Å². The molecule has 0 aromatic carbocycles. The Labute approximate surface area is 110 Å². The number of hydrogen-bond donors (Lipinski definition) is 1. The van der Waals surface area contributed by atoms with E-state index in [0.717, 1.165) is 30.4 Å². The van der Waals surface area contributed by atoms with E-state index in [4.69, 9.17) is 0 Å². The standard InChI is InChI=1S/C12H17N5S/c1-12(2,3)9-11-16-15-10(8-6-18-7-14-8)17(11)5-4-13-9/h6-7,9,13H,4-5H2,1-3H3. The highest BCUT2D eigenvalue weighted by atomic mass is 32.1. The van der Waals surface area contributed by atoms with Gasteiger partial charge in [-0.05, 0) is 5.41 Å². The van der Waals surface area contributed by atoms with Gasteiger partial charge in [0, 0.05) is 18.5 Å². The van der Waals surface area contributed by atoms with Crippen molar-refractivity contribution in [2.75, 3.05) is 6.54 Å². The molecule has 0 spiro atoms. The average Bonchev–Trinajstić information content (AvgIpc) is 2.95. The quantitative estimate of drug-likeness (QED) is 0.856. The third-order valence-electron chi connectivity index (χ3n) is 3.25. The molecule has 1 aliphatic heterocycles. The van der Waals surface area contributed by atoms with Gasteiger partial charge in [0.2, 0.25) is 0 Å². The Morgan fingerprint density at radius 2 is 2.22 bits per heavy atom. The Morgan fingerprint density at radius 3 is 2.89 bits per heavy atom. The molecule has 0 bridgehead atoms. The normalized spacial score (nSPS) is 19.8. The lowest BCUT2D eigenvalue weighted by molar-refractivity contribution is 0.234. The van der Waals surface area contributed by atoms with Gasteiger partial charge in [0.25, 0.3) is 0 Å². The maximum Gasteiger partial charge on any atom is 0.183 e. The van der Waals surface area contributed by atoms with Gasteiger partial charge >= 0.3 is 0 Å². The Bertz CT molecular complexity index is 537. The molecule has 1 atom stereocenters. The number of nitrogens with zero attached hydrogens (tertiary/aromatic N) is 4. The summed E-state index contributed by atoms with van der Waals surface area (Å²) in [5.41, 5.74) is 2.89. The molecular weight excluding hydrogens is 246 g/mol. The first kappa shape index (κ1) is 11.8. The van der Waals surface area contributed by atoms with Crippen molar-refractivity contribution in [1.82, 2.24) is 25.1 Å². The van der Waals surface area contributed by atoms with Crippen LogP contribution in [0.2, 0.25) is 0 Å². The molecule has 6 heteroatoms. The van der Waals surface area contributed by atoms with Gasteiger partial charge in [0.15, 0.2) is 11.6 Å². The summed E-state index contributed by atoms with van der Waals surface area (Å²) in [7, 11) is 0. The SMILES string of the molecule is CC(C)(C)C1NCCn2c(-c3cscn3)nnc21. The molecule has 2 aromatic rings. The summed E-state index contributed by atoms with van der Waals surface area (Å²) in [5.74, 6) is 1.92. The number of fused-ring (bicyclic) bond motifs is 1. The molecule has 0 saturated carbocycles. The monoisotopic (exact) mass is 263 g/mol. The average molecular weight is 263 g/mol. The minimum Gasteiger partial charge on any atom is -0.307 e. The van der Waals surface area contributed by atoms with Gasteiger partial charge in [-0.3, -0.25) is 0 Å². The van der Waals surface area contributed by atoms with E-state index >= 15 is 0 Å². The molecule has 3 heterocycles. The molecule has 96 valence electrons. The molecule has 0 amide bonds. The van der Waals surface area contributed by atoms with Crippen molar-refractivity contribution in [2.24, 2.45) is 5.41 Å². The van der Waals surface area contributed by atoms with Crippen LogP contribution in [-0.2, 0) is 6.54 Å². The molecule has 1 unspecified atom stereocenters. The largest absolute Gasteiger partial charge is 0.307 e. The highest BCUT2D eigenvalue weighted by Gasteiger charge is 2.34.